The molecule has 1 amide bonds. The molecule has 1 fully saturated rings. The number of piperidine rings is 1. The zero-order valence-electron chi connectivity index (χ0n) is 13.9. The van der Waals surface area contributed by atoms with Crippen molar-refractivity contribution < 1.29 is 9.21 Å². The molecular weight excluding hydrogens is 306 g/mol. The number of carbonyl (C=O) groups excluding carboxylic acids is 1. The minimum absolute atomic E-state index is 0.256. The molecule has 126 valence electrons. The Hall–Kier alpha value is -2.47. The van der Waals surface area contributed by atoms with Crippen molar-refractivity contribution >= 4 is 5.91 Å². The highest BCUT2D eigenvalue weighted by Gasteiger charge is 2.37. The summed E-state index contributed by atoms with van der Waals surface area (Å²) in [5.74, 6) is 0.642. The quantitative estimate of drug-likeness (QED) is 0.876. The molecule has 6 nitrogen and oxygen atoms in total. The van der Waals surface area contributed by atoms with Gasteiger partial charge in [0.1, 0.15) is 11.3 Å². The first-order chi connectivity index (χ1) is 11.6. The number of rotatable bonds is 4. The molecule has 1 N–H and O–H groups in total. The summed E-state index contributed by atoms with van der Waals surface area (Å²) in [7, 11) is 3.62. The summed E-state index contributed by atoms with van der Waals surface area (Å²) in [5.41, 5.74) is 1.16. The van der Waals surface area contributed by atoms with Crippen LogP contribution in [0.2, 0.25) is 0 Å². The lowest BCUT2D eigenvalue weighted by atomic mass is 9.81. The maximum absolute atomic E-state index is 11.6. The van der Waals surface area contributed by atoms with Crippen LogP contribution in [0, 0.1) is 4.91 Å². The standard InChI is InChI=1S/C18H21N3O3/c1-19-17(22)16-8-7-15(24-16)13-3-5-14(6-4-13)18(20-23)9-11-21(2)12-10-18/h3-8H,9-12H2,1-2H3,(H,19,22). The van der Waals surface area contributed by atoms with Crippen LogP contribution in [-0.2, 0) is 5.54 Å². The summed E-state index contributed by atoms with van der Waals surface area (Å²) in [5, 5.41) is 6.00. The van der Waals surface area contributed by atoms with Crippen LogP contribution in [0.25, 0.3) is 11.3 Å². The number of furan rings is 1. The number of hydrogen-bond acceptors (Lipinski definition) is 5. The minimum atomic E-state index is -0.637. The van der Waals surface area contributed by atoms with Gasteiger partial charge in [-0.25, -0.2) is 0 Å². The number of likely N-dealkylation sites (tertiary alicyclic amines) is 1. The van der Waals surface area contributed by atoms with Gasteiger partial charge in [0, 0.05) is 25.7 Å². The fraction of sp³-hybridized carbons (Fsp3) is 0.389. The minimum Gasteiger partial charge on any atom is -0.451 e. The van der Waals surface area contributed by atoms with Crippen LogP contribution in [-0.4, -0.2) is 38.0 Å². The average molecular weight is 327 g/mol. The molecule has 24 heavy (non-hydrogen) atoms. The van der Waals surface area contributed by atoms with E-state index in [1.165, 1.54) is 0 Å². The van der Waals surface area contributed by atoms with Crippen molar-refractivity contribution in [2.75, 3.05) is 27.2 Å². The highest BCUT2D eigenvalue weighted by atomic mass is 16.3. The van der Waals surface area contributed by atoms with Crippen LogP contribution in [0.5, 0.6) is 0 Å². The van der Waals surface area contributed by atoms with E-state index >= 15 is 0 Å². The molecule has 0 radical (unpaired) electrons. The summed E-state index contributed by atoms with van der Waals surface area (Å²) in [6.45, 7) is 1.72. The van der Waals surface area contributed by atoms with E-state index in [0.29, 0.717) is 5.76 Å². The molecule has 6 heteroatoms. The van der Waals surface area contributed by atoms with Crippen LogP contribution in [0.3, 0.4) is 0 Å². The predicted octanol–water partition coefficient (Wildman–Crippen LogP) is 2.99. The Kier molecular flexibility index (Phi) is 4.49. The molecule has 0 spiro atoms. The zero-order chi connectivity index (χ0) is 17.2. The zero-order valence-corrected chi connectivity index (χ0v) is 13.9. The monoisotopic (exact) mass is 327 g/mol. The lowest BCUT2D eigenvalue weighted by molar-refractivity contribution is 0.0936. The SMILES string of the molecule is CNC(=O)c1ccc(-c2ccc(C3(N=O)CCN(C)CC3)cc2)o1. The Morgan fingerprint density at radius 3 is 2.42 bits per heavy atom. The third-order valence-corrected chi connectivity index (χ3v) is 4.75. The average Bonchev–Trinajstić information content (AvgIpc) is 3.12. The predicted molar refractivity (Wildman–Crippen MR) is 91.7 cm³/mol. The summed E-state index contributed by atoms with van der Waals surface area (Å²) < 4.78 is 5.57. The molecule has 1 aromatic carbocycles. The maximum atomic E-state index is 11.6. The van der Waals surface area contributed by atoms with Gasteiger partial charge in [0.15, 0.2) is 5.76 Å². The van der Waals surface area contributed by atoms with Crippen molar-refractivity contribution in [3.8, 4) is 11.3 Å². The van der Waals surface area contributed by atoms with Crippen LogP contribution >= 0.6 is 0 Å². The summed E-state index contributed by atoms with van der Waals surface area (Å²) in [4.78, 5) is 25.3. The molecule has 1 aromatic heterocycles. The van der Waals surface area contributed by atoms with E-state index in [9.17, 15) is 9.70 Å². The van der Waals surface area contributed by atoms with E-state index in [1.807, 2.05) is 24.3 Å². The molecule has 0 saturated carbocycles. The Balaban J connectivity index is 1.84. The molecule has 2 heterocycles. The van der Waals surface area contributed by atoms with E-state index in [0.717, 1.165) is 37.1 Å². The van der Waals surface area contributed by atoms with Gasteiger partial charge in [-0.15, -0.1) is 4.91 Å². The Bertz CT molecular complexity index is 728. The fourth-order valence-electron chi connectivity index (χ4n) is 3.10. The fourth-order valence-corrected chi connectivity index (χ4v) is 3.10. The molecule has 0 aliphatic carbocycles. The Morgan fingerprint density at radius 1 is 1.17 bits per heavy atom. The molecule has 3 rings (SSSR count). The van der Waals surface area contributed by atoms with Crippen LogP contribution in [0.15, 0.2) is 46.0 Å². The van der Waals surface area contributed by atoms with E-state index < -0.39 is 5.54 Å². The number of nitroso groups, excluding NO2 is 1. The van der Waals surface area contributed by atoms with Gasteiger partial charge < -0.3 is 14.6 Å². The third-order valence-electron chi connectivity index (χ3n) is 4.75. The Labute approximate surface area is 140 Å². The second kappa shape index (κ2) is 6.57. The molecule has 1 aliphatic rings. The van der Waals surface area contributed by atoms with Crippen LogP contribution in [0.1, 0.15) is 29.0 Å². The number of hydrogen-bond donors (Lipinski definition) is 1. The molecule has 0 bridgehead atoms. The molecule has 0 atom stereocenters. The van der Waals surface area contributed by atoms with Crippen LogP contribution in [0.4, 0.5) is 0 Å². The van der Waals surface area contributed by atoms with Crippen molar-refractivity contribution in [3.05, 3.63) is 52.6 Å². The van der Waals surface area contributed by atoms with Crippen molar-refractivity contribution in [2.24, 2.45) is 5.18 Å². The van der Waals surface area contributed by atoms with Gasteiger partial charge in [-0.3, -0.25) is 4.79 Å². The van der Waals surface area contributed by atoms with E-state index in [4.69, 9.17) is 4.42 Å². The summed E-state index contributed by atoms with van der Waals surface area (Å²) >= 11 is 0. The smallest absolute Gasteiger partial charge is 0.286 e. The van der Waals surface area contributed by atoms with Gasteiger partial charge in [0.05, 0.1) is 0 Å². The second-order valence-corrected chi connectivity index (χ2v) is 6.25. The third kappa shape index (κ3) is 2.97. The molecule has 0 unspecified atom stereocenters. The molecule has 2 aromatic rings. The number of nitrogens with one attached hydrogen (secondary N) is 1. The van der Waals surface area contributed by atoms with Crippen LogP contribution < -0.4 is 5.32 Å². The van der Waals surface area contributed by atoms with E-state index in [2.05, 4.69) is 22.4 Å². The van der Waals surface area contributed by atoms with Crippen molar-refractivity contribution in [1.29, 1.82) is 0 Å². The topological polar surface area (TPSA) is 74.9 Å². The van der Waals surface area contributed by atoms with Crippen molar-refractivity contribution in [3.63, 3.8) is 0 Å². The van der Waals surface area contributed by atoms with E-state index in [-0.39, 0.29) is 11.7 Å². The first-order valence-corrected chi connectivity index (χ1v) is 8.04. The molecular formula is C18H21N3O3. The van der Waals surface area contributed by atoms with Gasteiger partial charge in [0.25, 0.3) is 5.91 Å². The second-order valence-electron chi connectivity index (χ2n) is 6.25. The van der Waals surface area contributed by atoms with Gasteiger partial charge in [-0.2, -0.15) is 0 Å². The number of carbonyl (C=O) groups is 1. The largest absolute Gasteiger partial charge is 0.451 e. The lowest BCUT2D eigenvalue weighted by Crippen LogP contribution is -2.39. The summed E-state index contributed by atoms with van der Waals surface area (Å²) in [6.07, 6.45) is 1.46. The normalized spacial score (nSPS) is 17.4. The first kappa shape index (κ1) is 16.4. The van der Waals surface area contributed by atoms with E-state index in [1.54, 1.807) is 19.2 Å². The van der Waals surface area contributed by atoms with Gasteiger partial charge >= 0.3 is 0 Å². The maximum Gasteiger partial charge on any atom is 0.286 e. The van der Waals surface area contributed by atoms with Gasteiger partial charge in [0.2, 0.25) is 0 Å². The van der Waals surface area contributed by atoms with Crippen molar-refractivity contribution in [2.45, 2.75) is 18.4 Å². The van der Waals surface area contributed by atoms with Gasteiger partial charge in [-0.1, -0.05) is 29.4 Å². The lowest BCUT2D eigenvalue weighted by Gasteiger charge is -2.35. The number of amides is 1. The highest BCUT2D eigenvalue weighted by Crippen LogP contribution is 2.37. The highest BCUT2D eigenvalue weighted by molar-refractivity contribution is 5.91. The Morgan fingerprint density at radius 2 is 1.83 bits per heavy atom. The van der Waals surface area contributed by atoms with Gasteiger partial charge in [-0.05, 0) is 37.6 Å². The molecule has 1 aliphatic heterocycles. The van der Waals surface area contributed by atoms with Crippen molar-refractivity contribution in [1.82, 2.24) is 10.2 Å². The first-order valence-electron chi connectivity index (χ1n) is 8.04. The number of benzene rings is 1. The number of nitrogens with zero attached hydrogens (tertiary/aromatic N) is 2. The summed E-state index contributed by atoms with van der Waals surface area (Å²) in [6, 6.07) is 11.1. The molecule has 1 saturated heterocycles.